The number of carbonyl (C=O) groups is 2. The zero-order valence-corrected chi connectivity index (χ0v) is 19.2. The second kappa shape index (κ2) is 12.1. The number of nitrogens with one attached hydrogen (secondary N) is 1. The third-order valence-electron chi connectivity index (χ3n) is 6.21. The van der Waals surface area contributed by atoms with Crippen molar-refractivity contribution < 1.29 is 14.5 Å². The van der Waals surface area contributed by atoms with Crippen LogP contribution in [0.3, 0.4) is 0 Å². The average Bonchev–Trinajstić information content (AvgIpc) is 2.84. The largest absolute Gasteiger partial charge is 0.352 e. The molecule has 176 valence electrons. The molecule has 1 atom stereocenters. The van der Waals surface area contributed by atoms with Gasteiger partial charge in [0.15, 0.2) is 0 Å². The van der Waals surface area contributed by atoms with Crippen LogP contribution in [-0.2, 0) is 16.0 Å². The lowest BCUT2D eigenvalue weighted by Gasteiger charge is -2.33. The maximum atomic E-state index is 13.5. The fourth-order valence-corrected chi connectivity index (χ4v) is 4.44. The number of hydrogen-bond donors (Lipinski definition) is 1. The number of nitrogens with zero attached hydrogens (tertiary/aromatic N) is 2. The van der Waals surface area contributed by atoms with E-state index < -0.39 is 11.0 Å². The molecule has 2 aromatic rings. The molecule has 1 saturated carbocycles. The van der Waals surface area contributed by atoms with Crippen molar-refractivity contribution >= 4 is 23.2 Å². The number of non-ortho nitro benzene ring substituents is 1. The molecule has 0 aliphatic heterocycles. The Kier molecular flexibility index (Phi) is 8.98. The molecule has 0 heterocycles. The zero-order valence-electron chi connectivity index (χ0n) is 19.2. The minimum absolute atomic E-state index is 0.0471. The Labute approximate surface area is 195 Å². The van der Waals surface area contributed by atoms with Crippen LogP contribution in [0.25, 0.3) is 0 Å². The molecule has 1 N–H and O–H groups in total. The van der Waals surface area contributed by atoms with Crippen molar-refractivity contribution in [3.8, 4) is 0 Å². The van der Waals surface area contributed by atoms with Crippen molar-refractivity contribution in [2.24, 2.45) is 0 Å². The summed E-state index contributed by atoms with van der Waals surface area (Å²) in [5.74, 6) is -0.305. The highest BCUT2D eigenvalue weighted by molar-refractivity contribution is 6.01. The molecule has 1 aliphatic carbocycles. The number of carbonyl (C=O) groups excluding carboxylic acids is 2. The van der Waals surface area contributed by atoms with Gasteiger partial charge in [0.2, 0.25) is 11.8 Å². The fourth-order valence-electron chi connectivity index (χ4n) is 4.44. The molecule has 2 amide bonds. The summed E-state index contributed by atoms with van der Waals surface area (Å²) in [6.07, 6.45) is 7.39. The lowest BCUT2D eigenvalue weighted by molar-refractivity contribution is -0.384. The molecule has 0 unspecified atom stereocenters. The maximum absolute atomic E-state index is 13.5. The zero-order chi connectivity index (χ0) is 23.6. The first-order valence-electron chi connectivity index (χ1n) is 11.9. The van der Waals surface area contributed by atoms with E-state index in [2.05, 4.69) is 5.32 Å². The SMILES string of the molecule is CCC[C@@H](C(=O)NC1CCCCC1)N(C(=O)CCc1ccccc1)c1ccc([N+](=O)[O-])cc1. The van der Waals surface area contributed by atoms with Gasteiger partial charge in [-0.1, -0.05) is 62.9 Å². The van der Waals surface area contributed by atoms with Gasteiger partial charge in [-0.15, -0.1) is 0 Å². The third kappa shape index (κ3) is 6.88. The van der Waals surface area contributed by atoms with Gasteiger partial charge in [0.1, 0.15) is 6.04 Å². The predicted octanol–water partition coefficient (Wildman–Crippen LogP) is 5.18. The first-order chi connectivity index (χ1) is 16.0. The van der Waals surface area contributed by atoms with Gasteiger partial charge in [0.25, 0.3) is 5.69 Å². The van der Waals surface area contributed by atoms with Gasteiger partial charge in [-0.25, -0.2) is 0 Å². The van der Waals surface area contributed by atoms with Gasteiger partial charge in [-0.05, 0) is 43.4 Å². The molecular formula is C26H33N3O4. The third-order valence-corrected chi connectivity index (χ3v) is 6.21. The highest BCUT2D eigenvalue weighted by Gasteiger charge is 2.32. The Morgan fingerprint density at radius 2 is 1.73 bits per heavy atom. The van der Waals surface area contributed by atoms with Crippen LogP contribution in [0.5, 0.6) is 0 Å². The quantitative estimate of drug-likeness (QED) is 0.398. The van der Waals surface area contributed by atoms with Crippen LogP contribution in [0.1, 0.15) is 63.9 Å². The standard InChI is InChI=1S/C26H33N3O4/c1-2-9-24(26(31)27-21-12-7-4-8-13-21)28(22-15-17-23(18-16-22)29(32)33)25(30)19-14-20-10-5-3-6-11-20/h3,5-6,10-11,15-18,21,24H,2,4,7-9,12-14,19H2,1H3,(H,27,31)/t24-/m0/s1. The summed E-state index contributed by atoms with van der Waals surface area (Å²) >= 11 is 0. The van der Waals surface area contributed by atoms with E-state index in [1.54, 1.807) is 17.0 Å². The Morgan fingerprint density at radius 1 is 1.06 bits per heavy atom. The molecule has 3 rings (SSSR count). The number of amides is 2. The van der Waals surface area contributed by atoms with E-state index >= 15 is 0 Å². The Morgan fingerprint density at radius 3 is 2.33 bits per heavy atom. The lowest BCUT2D eigenvalue weighted by atomic mass is 9.95. The van der Waals surface area contributed by atoms with Crippen LogP contribution in [0.2, 0.25) is 0 Å². The minimum Gasteiger partial charge on any atom is -0.352 e. The van der Waals surface area contributed by atoms with E-state index in [9.17, 15) is 19.7 Å². The number of nitro benzene ring substituents is 1. The van der Waals surface area contributed by atoms with Crippen molar-refractivity contribution in [2.75, 3.05) is 4.90 Å². The van der Waals surface area contributed by atoms with Crippen LogP contribution < -0.4 is 10.2 Å². The fraction of sp³-hybridized carbons (Fsp3) is 0.462. The smallest absolute Gasteiger partial charge is 0.269 e. The highest BCUT2D eigenvalue weighted by atomic mass is 16.6. The van der Waals surface area contributed by atoms with Crippen molar-refractivity contribution in [2.45, 2.75) is 76.8 Å². The Hall–Kier alpha value is -3.22. The second-order valence-corrected chi connectivity index (χ2v) is 8.67. The summed E-state index contributed by atoms with van der Waals surface area (Å²) in [6, 6.07) is 15.1. The van der Waals surface area contributed by atoms with Gasteiger partial charge < -0.3 is 5.32 Å². The predicted molar refractivity (Wildman–Crippen MR) is 129 cm³/mol. The van der Waals surface area contributed by atoms with Crippen LogP contribution in [-0.4, -0.2) is 28.8 Å². The molecule has 0 saturated heterocycles. The van der Waals surface area contributed by atoms with Gasteiger partial charge >= 0.3 is 0 Å². The molecule has 0 spiro atoms. The van der Waals surface area contributed by atoms with Crippen molar-refractivity contribution in [3.63, 3.8) is 0 Å². The van der Waals surface area contributed by atoms with Crippen LogP contribution in [0.15, 0.2) is 54.6 Å². The van der Waals surface area contributed by atoms with Gasteiger partial charge in [0, 0.05) is 30.3 Å². The molecule has 0 aromatic heterocycles. The number of benzene rings is 2. The first kappa shape index (κ1) is 24.4. The van der Waals surface area contributed by atoms with E-state index in [-0.39, 0.29) is 30.0 Å². The summed E-state index contributed by atoms with van der Waals surface area (Å²) < 4.78 is 0. The Balaban J connectivity index is 1.85. The van der Waals surface area contributed by atoms with E-state index in [0.717, 1.165) is 37.7 Å². The highest BCUT2D eigenvalue weighted by Crippen LogP contribution is 2.25. The van der Waals surface area contributed by atoms with Crippen LogP contribution in [0, 0.1) is 10.1 Å². The monoisotopic (exact) mass is 451 g/mol. The number of aryl methyl sites for hydroxylation is 1. The maximum Gasteiger partial charge on any atom is 0.269 e. The molecule has 0 radical (unpaired) electrons. The van der Waals surface area contributed by atoms with Gasteiger partial charge in [-0.2, -0.15) is 0 Å². The van der Waals surface area contributed by atoms with Crippen LogP contribution >= 0.6 is 0 Å². The topological polar surface area (TPSA) is 92.6 Å². The van der Waals surface area contributed by atoms with Crippen molar-refractivity contribution in [1.29, 1.82) is 0 Å². The Bertz CT molecular complexity index is 924. The molecule has 33 heavy (non-hydrogen) atoms. The summed E-state index contributed by atoms with van der Waals surface area (Å²) in [5, 5.41) is 14.3. The lowest BCUT2D eigenvalue weighted by Crippen LogP contribution is -2.52. The molecule has 1 aliphatic rings. The van der Waals surface area contributed by atoms with Crippen molar-refractivity contribution in [3.05, 3.63) is 70.3 Å². The first-order valence-corrected chi connectivity index (χ1v) is 11.9. The summed E-state index contributed by atoms with van der Waals surface area (Å²) in [5.41, 5.74) is 1.51. The van der Waals surface area contributed by atoms with E-state index in [4.69, 9.17) is 0 Å². The minimum atomic E-state index is -0.651. The van der Waals surface area contributed by atoms with E-state index in [1.165, 1.54) is 18.6 Å². The average molecular weight is 452 g/mol. The summed E-state index contributed by atoms with van der Waals surface area (Å²) in [4.78, 5) is 39.0. The van der Waals surface area contributed by atoms with E-state index in [0.29, 0.717) is 18.5 Å². The molecule has 1 fully saturated rings. The normalized spacial score (nSPS) is 14.9. The number of anilines is 1. The number of nitro groups is 1. The van der Waals surface area contributed by atoms with Gasteiger partial charge in [-0.3, -0.25) is 24.6 Å². The van der Waals surface area contributed by atoms with Crippen molar-refractivity contribution in [1.82, 2.24) is 5.32 Å². The van der Waals surface area contributed by atoms with Crippen LogP contribution in [0.4, 0.5) is 11.4 Å². The molecule has 7 heteroatoms. The molecule has 0 bridgehead atoms. The van der Waals surface area contributed by atoms with E-state index in [1.807, 2.05) is 37.3 Å². The summed E-state index contributed by atoms with van der Waals surface area (Å²) in [7, 11) is 0. The second-order valence-electron chi connectivity index (χ2n) is 8.67. The molecule has 7 nitrogen and oxygen atoms in total. The number of rotatable bonds is 10. The van der Waals surface area contributed by atoms with Gasteiger partial charge in [0.05, 0.1) is 4.92 Å². The number of hydrogen-bond acceptors (Lipinski definition) is 4. The summed E-state index contributed by atoms with van der Waals surface area (Å²) in [6.45, 7) is 1.99. The molecule has 2 aromatic carbocycles. The molecular weight excluding hydrogens is 418 g/mol.